The van der Waals surface area contributed by atoms with Crippen molar-refractivity contribution in [1.29, 1.82) is 0 Å². The van der Waals surface area contributed by atoms with Gasteiger partial charge in [0.1, 0.15) is 11.6 Å². The van der Waals surface area contributed by atoms with Gasteiger partial charge in [0.15, 0.2) is 11.6 Å². The second kappa shape index (κ2) is 12.0. The molecule has 9 heteroatoms. The monoisotopic (exact) mass is 528 g/mol. The van der Waals surface area contributed by atoms with Gasteiger partial charge in [-0.1, -0.05) is 12.1 Å². The van der Waals surface area contributed by atoms with Crippen LogP contribution in [0.4, 0.5) is 4.39 Å². The standard InChI is InChI=1S/C20H25FN6S.HI/c1-22-20(24-13-15-8-9-17(21)12-16(15)14-28-2)23-10-5-7-19-26-25-18-6-3-4-11-27(18)19;/h3-4,6,8-9,11-12H,5,7,10,13-14H2,1-2H3,(H2,22,23,24);1H. The van der Waals surface area contributed by atoms with E-state index in [9.17, 15) is 4.39 Å². The lowest BCUT2D eigenvalue weighted by Crippen LogP contribution is -2.37. The minimum atomic E-state index is -0.198. The molecule has 1 aromatic carbocycles. The fraction of sp³-hybridized carbons (Fsp3) is 0.350. The maximum Gasteiger partial charge on any atom is 0.191 e. The summed E-state index contributed by atoms with van der Waals surface area (Å²) in [6.07, 6.45) is 5.73. The zero-order valence-corrected chi connectivity index (χ0v) is 19.7. The number of nitrogens with one attached hydrogen (secondary N) is 2. The Morgan fingerprint density at radius 1 is 1.17 bits per heavy atom. The van der Waals surface area contributed by atoms with Gasteiger partial charge in [-0.3, -0.25) is 9.39 Å². The summed E-state index contributed by atoms with van der Waals surface area (Å²) in [6.45, 7) is 1.37. The van der Waals surface area contributed by atoms with Crippen molar-refractivity contribution in [2.75, 3.05) is 19.8 Å². The molecule has 2 aromatic heterocycles. The lowest BCUT2D eigenvalue weighted by molar-refractivity contribution is 0.625. The van der Waals surface area contributed by atoms with Gasteiger partial charge in [0.2, 0.25) is 0 Å². The molecule has 2 heterocycles. The first-order chi connectivity index (χ1) is 13.7. The molecule has 0 saturated heterocycles. The van der Waals surface area contributed by atoms with Crippen molar-refractivity contribution in [3.8, 4) is 0 Å². The Morgan fingerprint density at radius 2 is 2.03 bits per heavy atom. The Kier molecular flexibility index (Phi) is 9.65. The number of aromatic nitrogens is 3. The van der Waals surface area contributed by atoms with Gasteiger partial charge in [-0.15, -0.1) is 34.2 Å². The molecule has 2 N–H and O–H groups in total. The van der Waals surface area contributed by atoms with Gasteiger partial charge in [-0.25, -0.2) is 4.39 Å². The summed E-state index contributed by atoms with van der Waals surface area (Å²) >= 11 is 1.68. The molecular weight excluding hydrogens is 502 g/mol. The van der Waals surface area contributed by atoms with Crippen molar-refractivity contribution < 1.29 is 4.39 Å². The number of thioether (sulfide) groups is 1. The fourth-order valence-corrected chi connectivity index (χ4v) is 3.55. The summed E-state index contributed by atoms with van der Waals surface area (Å²) in [7, 11) is 1.74. The van der Waals surface area contributed by atoms with Gasteiger partial charge >= 0.3 is 0 Å². The average Bonchev–Trinajstić information content (AvgIpc) is 3.12. The number of nitrogens with zero attached hydrogens (tertiary/aromatic N) is 4. The molecule has 3 aromatic rings. The van der Waals surface area contributed by atoms with E-state index in [1.165, 1.54) is 6.07 Å². The van der Waals surface area contributed by atoms with Gasteiger partial charge in [-0.2, -0.15) is 11.8 Å². The molecule has 0 aliphatic rings. The number of guanidine groups is 1. The van der Waals surface area contributed by atoms with Crippen LogP contribution in [-0.4, -0.2) is 40.4 Å². The van der Waals surface area contributed by atoms with E-state index < -0.39 is 0 Å². The molecule has 0 bridgehead atoms. The number of halogens is 2. The quantitative estimate of drug-likeness (QED) is 0.202. The molecule has 0 atom stereocenters. The van der Waals surface area contributed by atoms with Crippen LogP contribution in [0.5, 0.6) is 0 Å². The number of aryl methyl sites for hydroxylation is 1. The highest BCUT2D eigenvalue weighted by molar-refractivity contribution is 14.0. The third-order valence-electron chi connectivity index (χ3n) is 4.39. The van der Waals surface area contributed by atoms with Crippen LogP contribution < -0.4 is 10.6 Å². The average molecular weight is 528 g/mol. The van der Waals surface area contributed by atoms with Crippen LogP contribution in [0.15, 0.2) is 47.6 Å². The van der Waals surface area contributed by atoms with Crippen LogP contribution in [0, 0.1) is 5.82 Å². The Hall–Kier alpha value is -1.88. The molecule has 6 nitrogen and oxygen atoms in total. The van der Waals surface area contributed by atoms with Crippen molar-refractivity contribution in [1.82, 2.24) is 25.2 Å². The highest BCUT2D eigenvalue weighted by atomic mass is 127. The van der Waals surface area contributed by atoms with E-state index in [1.54, 1.807) is 24.9 Å². The normalized spacial score (nSPS) is 11.3. The summed E-state index contributed by atoms with van der Waals surface area (Å²) in [5.41, 5.74) is 2.95. The topological polar surface area (TPSA) is 66.6 Å². The van der Waals surface area contributed by atoms with Crippen LogP contribution in [0.2, 0.25) is 0 Å². The first kappa shape index (κ1) is 23.4. The van der Waals surface area contributed by atoms with Crippen LogP contribution in [-0.2, 0) is 18.7 Å². The third kappa shape index (κ3) is 6.56. The van der Waals surface area contributed by atoms with E-state index in [4.69, 9.17) is 0 Å². The Balaban J connectivity index is 0.00000300. The molecule has 29 heavy (non-hydrogen) atoms. The van der Waals surface area contributed by atoms with Crippen LogP contribution in [0.3, 0.4) is 0 Å². The van der Waals surface area contributed by atoms with Crippen LogP contribution >= 0.6 is 35.7 Å². The molecule has 156 valence electrons. The molecule has 0 fully saturated rings. The van der Waals surface area contributed by atoms with E-state index in [1.807, 2.05) is 41.1 Å². The SMILES string of the molecule is CN=C(NCCCc1nnc2ccccn12)NCc1ccc(F)cc1CSC.I. The fourth-order valence-electron chi connectivity index (χ4n) is 2.97. The molecule has 3 rings (SSSR count). The Morgan fingerprint density at radius 3 is 2.83 bits per heavy atom. The summed E-state index contributed by atoms with van der Waals surface area (Å²) in [5, 5.41) is 15.0. The van der Waals surface area contributed by atoms with Crippen LogP contribution in [0.1, 0.15) is 23.4 Å². The molecule has 0 radical (unpaired) electrons. The second-order valence-corrected chi connectivity index (χ2v) is 7.21. The van der Waals surface area contributed by atoms with Crippen molar-refractivity contribution in [2.45, 2.75) is 25.1 Å². The van der Waals surface area contributed by atoms with Crippen molar-refractivity contribution >= 4 is 47.3 Å². The second-order valence-electron chi connectivity index (χ2n) is 6.35. The van der Waals surface area contributed by atoms with Crippen molar-refractivity contribution in [3.05, 3.63) is 65.4 Å². The molecule has 0 aliphatic carbocycles. The minimum Gasteiger partial charge on any atom is -0.356 e. The molecule has 0 spiro atoms. The lowest BCUT2D eigenvalue weighted by atomic mass is 10.1. The predicted molar refractivity (Wildman–Crippen MR) is 129 cm³/mol. The third-order valence-corrected chi connectivity index (χ3v) is 4.99. The summed E-state index contributed by atoms with van der Waals surface area (Å²) in [4.78, 5) is 4.26. The zero-order valence-electron chi connectivity index (χ0n) is 16.6. The highest BCUT2D eigenvalue weighted by Gasteiger charge is 2.07. The molecule has 0 saturated carbocycles. The molecular formula is C20H26FIN6S. The van der Waals surface area contributed by atoms with Crippen LogP contribution in [0.25, 0.3) is 5.65 Å². The smallest absolute Gasteiger partial charge is 0.191 e. The number of hydrogen-bond acceptors (Lipinski definition) is 4. The minimum absolute atomic E-state index is 0. The largest absolute Gasteiger partial charge is 0.356 e. The number of aliphatic imine (C=N–C) groups is 1. The van der Waals surface area contributed by atoms with E-state index >= 15 is 0 Å². The van der Waals surface area contributed by atoms with Gasteiger partial charge in [0, 0.05) is 38.5 Å². The maximum absolute atomic E-state index is 13.5. The molecule has 0 unspecified atom stereocenters. The summed E-state index contributed by atoms with van der Waals surface area (Å²) < 4.78 is 15.5. The van der Waals surface area contributed by atoms with Gasteiger partial charge in [0.05, 0.1) is 0 Å². The summed E-state index contributed by atoms with van der Waals surface area (Å²) in [5.74, 6) is 2.27. The zero-order chi connectivity index (χ0) is 19.8. The first-order valence-corrected chi connectivity index (χ1v) is 10.6. The van der Waals surface area contributed by atoms with E-state index in [0.29, 0.717) is 6.54 Å². The van der Waals surface area contributed by atoms with E-state index in [0.717, 1.165) is 53.7 Å². The first-order valence-electron chi connectivity index (χ1n) is 9.20. The van der Waals surface area contributed by atoms with Crippen molar-refractivity contribution in [2.24, 2.45) is 4.99 Å². The van der Waals surface area contributed by atoms with Gasteiger partial charge < -0.3 is 10.6 Å². The molecule has 0 amide bonds. The Labute approximate surface area is 191 Å². The van der Waals surface area contributed by atoms with Gasteiger partial charge in [0.25, 0.3) is 0 Å². The maximum atomic E-state index is 13.5. The number of rotatable bonds is 8. The number of hydrogen-bond donors (Lipinski definition) is 2. The number of pyridine rings is 1. The lowest BCUT2D eigenvalue weighted by Gasteiger charge is -2.14. The number of fused-ring (bicyclic) bond motifs is 1. The van der Waals surface area contributed by atoms with Crippen molar-refractivity contribution in [3.63, 3.8) is 0 Å². The molecule has 0 aliphatic heterocycles. The predicted octanol–water partition coefficient (Wildman–Crippen LogP) is 3.65. The highest BCUT2D eigenvalue weighted by Crippen LogP contribution is 2.16. The van der Waals surface area contributed by atoms with E-state index in [-0.39, 0.29) is 29.8 Å². The van der Waals surface area contributed by atoms with E-state index in [2.05, 4.69) is 25.8 Å². The Bertz CT molecular complexity index is 946. The number of benzene rings is 1. The van der Waals surface area contributed by atoms with Gasteiger partial charge in [-0.05, 0) is 48.1 Å². The summed E-state index contributed by atoms with van der Waals surface area (Å²) in [6, 6.07) is 10.8.